The molecule has 2 aliphatic rings. The van der Waals surface area contributed by atoms with Crippen molar-refractivity contribution in [3.05, 3.63) is 0 Å². The minimum absolute atomic E-state index is 0.123. The molecule has 2 rings (SSSR count). The zero-order chi connectivity index (χ0) is 14.8. The molecule has 3 atom stereocenters. The molecule has 7 nitrogen and oxygen atoms in total. The lowest BCUT2D eigenvalue weighted by Gasteiger charge is -2.23. The zero-order valence-corrected chi connectivity index (χ0v) is 12.5. The van der Waals surface area contributed by atoms with Crippen LogP contribution in [0.15, 0.2) is 0 Å². The molecule has 0 aromatic carbocycles. The number of hydrogen-bond donors (Lipinski definition) is 1. The second-order valence-corrected chi connectivity index (χ2v) is 5.91. The molecule has 1 N–H and O–H groups in total. The molecule has 2 saturated heterocycles. The quantitative estimate of drug-likeness (QED) is 0.447. The summed E-state index contributed by atoms with van der Waals surface area (Å²) in [5, 5.41) is 8.25. The summed E-state index contributed by atoms with van der Waals surface area (Å²) >= 11 is 0. The van der Waals surface area contributed by atoms with Crippen LogP contribution in [0.4, 0.5) is 0 Å². The van der Waals surface area contributed by atoms with Crippen LogP contribution in [-0.2, 0) is 28.6 Å². The Kier molecular flexibility index (Phi) is 5.01. The summed E-state index contributed by atoms with van der Waals surface area (Å²) in [5.41, 5.74) is 0. The van der Waals surface area contributed by atoms with Gasteiger partial charge in [-0.05, 0) is 27.7 Å². The van der Waals surface area contributed by atoms with Gasteiger partial charge in [0, 0.05) is 0 Å². The smallest absolute Gasteiger partial charge is 0.164 e. The van der Waals surface area contributed by atoms with E-state index in [1.807, 2.05) is 27.7 Å². The van der Waals surface area contributed by atoms with Gasteiger partial charge in [-0.2, -0.15) is 0 Å². The average molecular weight is 292 g/mol. The van der Waals surface area contributed by atoms with Crippen molar-refractivity contribution in [1.29, 1.82) is 0 Å². The van der Waals surface area contributed by atoms with Crippen LogP contribution in [0.2, 0.25) is 0 Å². The second-order valence-electron chi connectivity index (χ2n) is 5.91. The van der Waals surface area contributed by atoms with E-state index < -0.39 is 11.6 Å². The molecule has 2 aliphatic heterocycles. The molecule has 0 amide bonds. The molecule has 7 heteroatoms. The molecule has 2 fully saturated rings. The fourth-order valence-corrected chi connectivity index (χ4v) is 2.48. The van der Waals surface area contributed by atoms with Crippen LogP contribution >= 0.6 is 0 Å². The lowest BCUT2D eigenvalue weighted by Crippen LogP contribution is -2.40. The van der Waals surface area contributed by atoms with Crippen molar-refractivity contribution in [2.24, 2.45) is 0 Å². The first-order chi connectivity index (χ1) is 9.33. The molecule has 0 aromatic rings. The van der Waals surface area contributed by atoms with Crippen LogP contribution in [0.25, 0.3) is 0 Å². The number of hydrogen-bond acceptors (Lipinski definition) is 7. The maximum atomic E-state index is 8.25. The molecule has 0 bridgehead atoms. The molecule has 0 radical (unpaired) electrons. The molecular formula is C13H24O7. The van der Waals surface area contributed by atoms with Gasteiger partial charge in [-0.15, -0.1) is 0 Å². The highest BCUT2D eigenvalue weighted by molar-refractivity contribution is 4.90. The lowest BCUT2D eigenvalue weighted by molar-refractivity contribution is -0.250. The van der Waals surface area contributed by atoms with Gasteiger partial charge in [0.05, 0.1) is 19.8 Å². The van der Waals surface area contributed by atoms with Gasteiger partial charge < -0.3 is 23.7 Å². The van der Waals surface area contributed by atoms with Gasteiger partial charge in [-0.3, -0.25) is 5.26 Å². The van der Waals surface area contributed by atoms with Crippen molar-refractivity contribution in [2.75, 3.05) is 26.4 Å². The van der Waals surface area contributed by atoms with Gasteiger partial charge in [0.15, 0.2) is 11.6 Å². The van der Waals surface area contributed by atoms with Crippen molar-refractivity contribution in [2.45, 2.75) is 57.6 Å². The maximum absolute atomic E-state index is 8.25. The molecule has 20 heavy (non-hydrogen) atoms. The van der Waals surface area contributed by atoms with E-state index in [0.717, 1.165) is 0 Å². The monoisotopic (exact) mass is 292 g/mol. The molecule has 2 heterocycles. The third-order valence-electron chi connectivity index (χ3n) is 3.22. The van der Waals surface area contributed by atoms with Crippen molar-refractivity contribution >= 4 is 0 Å². The minimum Gasteiger partial charge on any atom is -0.376 e. The SMILES string of the molecule is CC1(C)OCC(C2OC(C)(C)OC2COCCOO)O1. The Balaban J connectivity index is 1.90. The van der Waals surface area contributed by atoms with E-state index in [1.54, 1.807) is 0 Å². The highest BCUT2D eigenvalue weighted by atomic mass is 17.1. The highest BCUT2D eigenvalue weighted by Crippen LogP contribution is 2.35. The summed E-state index contributed by atoms with van der Waals surface area (Å²) in [6.07, 6.45) is -0.678. The van der Waals surface area contributed by atoms with Crippen molar-refractivity contribution in [3.63, 3.8) is 0 Å². The molecule has 3 unspecified atom stereocenters. The topological polar surface area (TPSA) is 75.6 Å². The number of ether oxygens (including phenoxy) is 5. The summed E-state index contributed by atoms with van der Waals surface area (Å²) in [4.78, 5) is 3.96. The summed E-state index contributed by atoms with van der Waals surface area (Å²) < 4.78 is 28.6. The van der Waals surface area contributed by atoms with E-state index >= 15 is 0 Å². The molecule has 118 valence electrons. The van der Waals surface area contributed by atoms with Crippen molar-refractivity contribution in [3.8, 4) is 0 Å². The Morgan fingerprint density at radius 1 is 1.05 bits per heavy atom. The molecule has 0 spiro atoms. The van der Waals surface area contributed by atoms with E-state index in [0.29, 0.717) is 13.2 Å². The Labute approximate surface area is 119 Å². The van der Waals surface area contributed by atoms with Gasteiger partial charge in [-0.25, -0.2) is 4.89 Å². The Morgan fingerprint density at radius 2 is 1.80 bits per heavy atom. The van der Waals surface area contributed by atoms with E-state index in [2.05, 4.69) is 4.89 Å². The first kappa shape index (κ1) is 16.1. The summed E-state index contributed by atoms with van der Waals surface area (Å²) in [5.74, 6) is -1.28. The van der Waals surface area contributed by atoms with E-state index in [1.165, 1.54) is 0 Å². The van der Waals surface area contributed by atoms with Crippen LogP contribution in [0, 0.1) is 0 Å². The normalized spacial score (nSPS) is 35.5. The fourth-order valence-electron chi connectivity index (χ4n) is 2.48. The third kappa shape index (κ3) is 4.11. The Bertz CT molecular complexity index is 318. The molecule has 0 saturated carbocycles. The van der Waals surface area contributed by atoms with Gasteiger partial charge in [0.25, 0.3) is 0 Å². The first-order valence-electron chi connectivity index (χ1n) is 6.84. The first-order valence-corrected chi connectivity index (χ1v) is 6.84. The summed E-state index contributed by atoms with van der Waals surface area (Å²) in [6, 6.07) is 0. The van der Waals surface area contributed by atoms with Gasteiger partial charge in [0.1, 0.15) is 24.9 Å². The summed E-state index contributed by atoms with van der Waals surface area (Å²) in [7, 11) is 0. The minimum atomic E-state index is -0.678. The van der Waals surface area contributed by atoms with Gasteiger partial charge in [0.2, 0.25) is 0 Å². The van der Waals surface area contributed by atoms with Gasteiger partial charge >= 0.3 is 0 Å². The van der Waals surface area contributed by atoms with Crippen LogP contribution in [0.1, 0.15) is 27.7 Å². The number of rotatable bonds is 6. The predicted octanol–water partition coefficient (Wildman–Crippen LogP) is 1.16. The average Bonchev–Trinajstić information content (AvgIpc) is 2.84. The van der Waals surface area contributed by atoms with E-state index in [4.69, 9.17) is 28.9 Å². The predicted molar refractivity (Wildman–Crippen MR) is 68.1 cm³/mol. The molecular weight excluding hydrogens is 268 g/mol. The maximum Gasteiger partial charge on any atom is 0.164 e. The van der Waals surface area contributed by atoms with Crippen LogP contribution < -0.4 is 0 Å². The van der Waals surface area contributed by atoms with Gasteiger partial charge in [-0.1, -0.05) is 0 Å². The van der Waals surface area contributed by atoms with Crippen LogP contribution in [0.5, 0.6) is 0 Å². The summed E-state index contributed by atoms with van der Waals surface area (Å²) in [6.45, 7) is 8.69. The third-order valence-corrected chi connectivity index (χ3v) is 3.22. The Morgan fingerprint density at radius 3 is 2.40 bits per heavy atom. The zero-order valence-electron chi connectivity index (χ0n) is 12.5. The lowest BCUT2D eigenvalue weighted by atomic mass is 10.1. The van der Waals surface area contributed by atoms with Crippen LogP contribution in [0.3, 0.4) is 0 Å². The fraction of sp³-hybridized carbons (Fsp3) is 1.00. The molecule has 0 aliphatic carbocycles. The highest BCUT2D eigenvalue weighted by Gasteiger charge is 2.49. The van der Waals surface area contributed by atoms with Crippen molar-refractivity contribution < 1.29 is 33.8 Å². The Hall–Kier alpha value is -0.280. The largest absolute Gasteiger partial charge is 0.376 e. The molecule has 0 aromatic heterocycles. The van der Waals surface area contributed by atoms with Crippen molar-refractivity contribution in [1.82, 2.24) is 0 Å². The van der Waals surface area contributed by atoms with Crippen LogP contribution in [-0.4, -0.2) is 61.6 Å². The second kappa shape index (κ2) is 6.23. The van der Waals surface area contributed by atoms with E-state index in [9.17, 15) is 0 Å². The standard InChI is InChI=1S/C13H24O7/c1-12(2)16-8-10(18-12)11-9(7-15-5-6-17-14)19-13(3,4)20-11/h9-11,14H,5-8H2,1-4H3. The van der Waals surface area contributed by atoms with E-state index in [-0.39, 0.29) is 31.5 Å².